The molecule has 1 fully saturated rings. The molecular formula is C31H35FN2O2. The number of fused-ring (bicyclic) bond motifs is 1. The van der Waals surface area contributed by atoms with E-state index >= 15 is 0 Å². The van der Waals surface area contributed by atoms with E-state index in [0.29, 0.717) is 18.7 Å². The zero-order valence-electron chi connectivity index (χ0n) is 21.0. The van der Waals surface area contributed by atoms with Gasteiger partial charge >= 0.3 is 0 Å². The van der Waals surface area contributed by atoms with Gasteiger partial charge < -0.3 is 9.64 Å². The van der Waals surface area contributed by atoms with Crippen LogP contribution < -0.4 is 4.74 Å². The highest BCUT2D eigenvalue weighted by atomic mass is 19.1. The Balaban J connectivity index is 1.40. The van der Waals surface area contributed by atoms with E-state index in [9.17, 15) is 9.18 Å². The number of rotatable bonds is 7. The molecule has 36 heavy (non-hydrogen) atoms. The number of piperidine rings is 1. The SMILES string of the molecule is COc1ccccc1C1CCCCN1CC(=O)N(Cc1ccccc1F)C1CCc2ccccc2C1. The number of hydrogen-bond donors (Lipinski definition) is 0. The highest BCUT2D eigenvalue weighted by molar-refractivity contribution is 5.79. The zero-order chi connectivity index (χ0) is 24.9. The third kappa shape index (κ3) is 5.31. The monoisotopic (exact) mass is 486 g/mol. The van der Waals surface area contributed by atoms with Gasteiger partial charge in [-0.1, -0.05) is 67.1 Å². The van der Waals surface area contributed by atoms with E-state index < -0.39 is 0 Å². The fourth-order valence-electron chi connectivity index (χ4n) is 5.91. The first-order valence-corrected chi connectivity index (χ1v) is 13.1. The molecule has 5 rings (SSSR count). The van der Waals surface area contributed by atoms with E-state index in [4.69, 9.17) is 4.74 Å². The van der Waals surface area contributed by atoms with Crippen molar-refractivity contribution < 1.29 is 13.9 Å². The highest BCUT2D eigenvalue weighted by Gasteiger charge is 2.33. The molecule has 2 aliphatic rings. The van der Waals surface area contributed by atoms with Gasteiger partial charge in [0, 0.05) is 29.8 Å². The van der Waals surface area contributed by atoms with Crippen LogP contribution in [0, 0.1) is 5.82 Å². The topological polar surface area (TPSA) is 32.8 Å². The normalized spacial score (nSPS) is 19.9. The summed E-state index contributed by atoms with van der Waals surface area (Å²) in [4.78, 5) is 18.2. The van der Waals surface area contributed by atoms with Crippen molar-refractivity contribution in [2.24, 2.45) is 0 Å². The average Bonchev–Trinajstić information content (AvgIpc) is 2.92. The molecule has 0 bridgehead atoms. The lowest BCUT2D eigenvalue weighted by atomic mass is 9.87. The first kappa shape index (κ1) is 24.5. The summed E-state index contributed by atoms with van der Waals surface area (Å²) < 4.78 is 20.3. The molecule has 3 aromatic rings. The molecule has 0 N–H and O–H groups in total. The maximum Gasteiger partial charge on any atom is 0.237 e. The van der Waals surface area contributed by atoms with Crippen LogP contribution in [-0.4, -0.2) is 41.9 Å². The third-order valence-electron chi connectivity index (χ3n) is 7.83. The number of nitrogens with zero attached hydrogens (tertiary/aromatic N) is 2. The average molecular weight is 487 g/mol. The van der Waals surface area contributed by atoms with E-state index in [1.807, 2.05) is 29.2 Å². The molecule has 0 aromatic heterocycles. The van der Waals surface area contributed by atoms with Crippen molar-refractivity contribution in [1.82, 2.24) is 9.80 Å². The van der Waals surface area contributed by atoms with E-state index in [2.05, 4.69) is 35.2 Å². The molecule has 1 saturated heterocycles. The molecule has 2 unspecified atom stereocenters. The van der Waals surface area contributed by atoms with Crippen molar-refractivity contribution in [2.75, 3.05) is 20.2 Å². The Hall–Kier alpha value is -3.18. The van der Waals surface area contributed by atoms with Gasteiger partial charge in [0.2, 0.25) is 5.91 Å². The summed E-state index contributed by atoms with van der Waals surface area (Å²) in [5.74, 6) is 0.690. The molecule has 4 nitrogen and oxygen atoms in total. The van der Waals surface area contributed by atoms with Crippen LogP contribution in [0.4, 0.5) is 4.39 Å². The number of carbonyl (C=O) groups is 1. The predicted octanol–water partition coefficient (Wildman–Crippen LogP) is 5.95. The van der Waals surface area contributed by atoms with Crippen LogP contribution in [0.5, 0.6) is 5.75 Å². The van der Waals surface area contributed by atoms with Crippen LogP contribution in [0.3, 0.4) is 0 Å². The van der Waals surface area contributed by atoms with Crippen molar-refractivity contribution in [3.63, 3.8) is 0 Å². The molecule has 1 heterocycles. The van der Waals surface area contributed by atoms with Crippen LogP contribution in [0.25, 0.3) is 0 Å². The third-order valence-corrected chi connectivity index (χ3v) is 7.83. The van der Waals surface area contributed by atoms with Crippen molar-refractivity contribution in [1.29, 1.82) is 0 Å². The molecule has 2 atom stereocenters. The van der Waals surface area contributed by atoms with E-state index in [1.165, 1.54) is 17.2 Å². The smallest absolute Gasteiger partial charge is 0.237 e. The Bertz CT molecular complexity index is 1200. The van der Waals surface area contributed by atoms with Crippen LogP contribution in [0.15, 0.2) is 72.8 Å². The minimum absolute atomic E-state index is 0.0570. The molecule has 3 aromatic carbocycles. The molecule has 0 radical (unpaired) electrons. The van der Waals surface area contributed by atoms with E-state index in [0.717, 1.165) is 56.4 Å². The van der Waals surface area contributed by atoms with Crippen LogP contribution in [0.2, 0.25) is 0 Å². The van der Waals surface area contributed by atoms with Crippen molar-refractivity contribution in [2.45, 2.75) is 57.2 Å². The first-order valence-electron chi connectivity index (χ1n) is 13.1. The quantitative estimate of drug-likeness (QED) is 0.414. The Labute approximate surface area is 213 Å². The summed E-state index contributed by atoms with van der Waals surface area (Å²) in [7, 11) is 1.70. The second-order valence-electron chi connectivity index (χ2n) is 10.0. The number of aryl methyl sites for hydroxylation is 1. The molecule has 188 valence electrons. The number of methoxy groups -OCH3 is 1. The summed E-state index contributed by atoms with van der Waals surface area (Å²) in [5.41, 5.74) is 4.37. The van der Waals surface area contributed by atoms with Gasteiger partial charge in [-0.05, 0) is 61.9 Å². The largest absolute Gasteiger partial charge is 0.496 e. The second kappa shape index (κ2) is 11.3. The predicted molar refractivity (Wildman–Crippen MR) is 140 cm³/mol. The lowest BCUT2D eigenvalue weighted by molar-refractivity contribution is -0.136. The number of hydrogen-bond acceptors (Lipinski definition) is 3. The number of likely N-dealkylation sites (tertiary alicyclic amines) is 1. The van der Waals surface area contributed by atoms with Crippen molar-refractivity contribution in [3.8, 4) is 5.75 Å². The van der Waals surface area contributed by atoms with Gasteiger partial charge in [0.05, 0.1) is 13.7 Å². The van der Waals surface area contributed by atoms with Crippen molar-refractivity contribution in [3.05, 3.63) is 101 Å². The molecule has 1 amide bonds. The number of para-hydroxylation sites is 1. The standard InChI is InChI=1S/C31H35FN2O2/c1-36-30-16-7-5-13-27(30)29-15-8-9-19-33(29)22-31(35)34(21-25-12-4-6-14-28(25)32)26-18-17-23-10-2-3-11-24(23)20-26/h2-7,10-14,16,26,29H,8-9,15,17-22H2,1H3. The summed E-state index contributed by atoms with van der Waals surface area (Å²) in [6.07, 6.45) is 5.85. The van der Waals surface area contributed by atoms with Crippen LogP contribution in [0.1, 0.15) is 54.0 Å². The summed E-state index contributed by atoms with van der Waals surface area (Å²) >= 11 is 0. The van der Waals surface area contributed by atoms with Gasteiger partial charge in [-0.3, -0.25) is 9.69 Å². The Morgan fingerprint density at radius 1 is 0.972 bits per heavy atom. The Morgan fingerprint density at radius 3 is 2.56 bits per heavy atom. The van der Waals surface area contributed by atoms with Gasteiger partial charge in [0.15, 0.2) is 0 Å². The fourth-order valence-corrected chi connectivity index (χ4v) is 5.91. The lowest BCUT2D eigenvalue weighted by Gasteiger charge is -2.40. The Morgan fingerprint density at radius 2 is 1.72 bits per heavy atom. The number of ether oxygens (including phenoxy) is 1. The van der Waals surface area contributed by atoms with Crippen LogP contribution in [-0.2, 0) is 24.2 Å². The first-order chi connectivity index (χ1) is 17.6. The number of amides is 1. The number of halogens is 1. The molecule has 1 aliphatic heterocycles. The van der Waals surface area contributed by atoms with Gasteiger partial charge in [-0.15, -0.1) is 0 Å². The summed E-state index contributed by atoms with van der Waals surface area (Å²) in [6, 6.07) is 23.6. The maximum absolute atomic E-state index is 14.7. The molecule has 1 aliphatic carbocycles. The fraction of sp³-hybridized carbons (Fsp3) is 0.387. The Kier molecular flexibility index (Phi) is 7.66. The summed E-state index contributed by atoms with van der Waals surface area (Å²) in [6.45, 7) is 1.50. The van der Waals surface area contributed by atoms with E-state index in [1.54, 1.807) is 19.2 Å². The van der Waals surface area contributed by atoms with Crippen molar-refractivity contribution >= 4 is 5.91 Å². The van der Waals surface area contributed by atoms with Gasteiger partial charge in [-0.2, -0.15) is 0 Å². The van der Waals surface area contributed by atoms with Gasteiger partial charge in [-0.25, -0.2) is 4.39 Å². The number of carbonyl (C=O) groups excluding carboxylic acids is 1. The zero-order valence-corrected chi connectivity index (χ0v) is 21.0. The second-order valence-corrected chi connectivity index (χ2v) is 10.0. The summed E-state index contributed by atoms with van der Waals surface area (Å²) in [5, 5.41) is 0. The molecule has 0 spiro atoms. The number of benzene rings is 3. The minimum Gasteiger partial charge on any atom is -0.496 e. The van der Waals surface area contributed by atoms with E-state index in [-0.39, 0.29) is 23.8 Å². The minimum atomic E-state index is -0.253. The van der Waals surface area contributed by atoms with Gasteiger partial charge in [0.25, 0.3) is 0 Å². The molecule has 5 heteroatoms. The highest BCUT2D eigenvalue weighted by Crippen LogP contribution is 2.36. The molecule has 0 saturated carbocycles. The molecular weight excluding hydrogens is 451 g/mol. The van der Waals surface area contributed by atoms with Crippen LogP contribution >= 0.6 is 0 Å². The lowest BCUT2D eigenvalue weighted by Crippen LogP contribution is -2.48. The maximum atomic E-state index is 14.7. The van der Waals surface area contributed by atoms with Gasteiger partial charge in [0.1, 0.15) is 11.6 Å².